The van der Waals surface area contributed by atoms with Gasteiger partial charge in [-0.05, 0) is 29.8 Å². The van der Waals surface area contributed by atoms with E-state index in [0.717, 1.165) is 10.0 Å². The number of aliphatic hydroxyl groups is 1. The number of rotatable bonds is 4. The Kier molecular flexibility index (Phi) is 4.56. The van der Waals surface area contributed by atoms with Crippen LogP contribution < -0.4 is 4.74 Å². The molecule has 19 heavy (non-hydrogen) atoms. The smallest absolute Gasteiger partial charge is 0.132 e. The fraction of sp³-hybridized carbons (Fsp3) is 0.200. The first-order valence-corrected chi connectivity index (χ1v) is 6.66. The molecule has 1 unspecified atom stereocenters. The highest BCUT2D eigenvalue weighted by molar-refractivity contribution is 9.10. The van der Waals surface area contributed by atoms with Crippen molar-refractivity contribution in [2.45, 2.75) is 12.5 Å². The van der Waals surface area contributed by atoms with Gasteiger partial charge in [0.2, 0.25) is 0 Å². The first-order valence-electron chi connectivity index (χ1n) is 5.86. The zero-order chi connectivity index (χ0) is 13.8. The Morgan fingerprint density at radius 1 is 1.26 bits per heavy atom. The summed E-state index contributed by atoms with van der Waals surface area (Å²) in [5, 5.41) is 10.2. The van der Waals surface area contributed by atoms with Crippen LogP contribution in [0.15, 0.2) is 46.9 Å². The SMILES string of the molecule is COc1cccc(F)c1C(O)Cc1cccc(Br)c1. The summed E-state index contributed by atoms with van der Waals surface area (Å²) in [7, 11) is 1.46. The molecule has 2 nitrogen and oxygen atoms in total. The van der Waals surface area contributed by atoms with Gasteiger partial charge in [-0.15, -0.1) is 0 Å². The van der Waals surface area contributed by atoms with Crippen LogP contribution in [0.2, 0.25) is 0 Å². The highest BCUT2D eigenvalue weighted by Crippen LogP contribution is 2.30. The zero-order valence-corrected chi connectivity index (χ0v) is 12.0. The van der Waals surface area contributed by atoms with Gasteiger partial charge in [-0.25, -0.2) is 4.39 Å². The Morgan fingerprint density at radius 2 is 2.00 bits per heavy atom. The van der Waals surface area contributed by atoms with Crippen LogP contribution in [-0.2, 0) is 6.42 Å². The van der Waals surface area contributed by atoms with Crippen LogP contribution in [0.5, 0.6) is 5.75 Å². The second-order valence-corrected chi connectivity index (χ2v) is 5.12. The molecule has 0 aromatic heterocycles. The molecule has 0 saturated heterocycles. The maximum absolute atomic E-state index is 13.8. The van der Waals surface area contributed by atoms with Gasteiger partial charge in [-0.1, -0.05) is 34.1 Å². The molecule has 0 aliphatic rings. The van der Waals surface area contributed by atoms with Crippen molar-refractivity contribution in [2.75, 3.05) is 7.11 Å². The fourth-order valence-electron chi connectivity index (χ4n) is 2.01. The molecule has 4 heteroatoms. The van der Waals surface area contributed by atoms with Crippen molar-refractivity contribution < 1.29 is 14.2 Å². The lowest BCUT2D eigenvalue weighted by Gasteiger charge is -2.15. The molecule has 0 spiro atoms. The van der Waals surface area contributed by atoms with Crippen molar-refractivity contribution >= 4 is 15.9 Å². The summed E-state index contributed by atoms with van der Waals surface area (Å²) in [5.41, 5.74) is 1.12. The van der Waals surface area contributed by atoms with E-state index < -0.39 is 11.9 Å². The first-order chi connectivity index (χ1) is 9.11. The average Bonchev–Trinajstić information content (AvgIpc) is 2.38. The van der Waals surface area contributed by atoms with E-state index in [1.165, 1.54) is 13.2 Å². The van der Waals surface area contributed by atoms with E-state index in [0.29, 0.717) is 12.2 Å². The molecule has 0 bridgehead atoms. The van der Waals surface area contributed by atoms with Crippen molar-refractivity contribution in [1.29, 1.82) is 0 Å². The lowest BCUT2D eigenvalue weighted by molar-refractivity contribution is 0.169. The van der Waals surface area contributed by atoms with Gasteiger partial charge in [0.05, 0.1) is 18.8 Å². The summed E-state index contributed by atoms with van der Waals surface area (Å²) in [6, 6.07) is 12.1. The van der Waals surface area contributed by atoms with E-state index in [4.69, 9.17) is 4.74 Å². The molecule has 0 aliphatic heterocycles. The number of benzene rings is 2. The minimum atomic E-state index is -0.939. The first kappa shape index (κ1) is 14.0. The third-order valence-corrected chi connectivity index (χ3v) is 3.38. The second-order valence-electron chi connectivity index (χ2n) is 4.21. The molecule has 100 valence electrons. The summed E-state index contributed by atoms with van der Waals surface area (Å²) >= 11 is 3.37. The van der Waals surface area contributed by atoms with Gasteiger partial charge in [0.25, 0.3) is 0 Å². The number of halogens is 2. The van der Waals surface area contributed by atoms with Gasteiger partial charge in [0.1, 0.15) is 11.6 Å². The van der Waals surface area contributed by atoms with Crippen molar-refractivity contribution in [3.05, 3.63) is 63.9 Å². The van der Waals surface area contributed by atoms with Gasteiger partial charge < -0.3 is 9.84 Å². The van der Waals surface area contributed by atoms with E-state index >= 15 is 0 Å². The summed E-state index contributed by atoms with van der Waals surface area (Å²) in [6.07, 6.45) is -0.609. The van der Waals surface area contributed by atoms with E-state index in [9.17, 15) is 9.50 Å². The number of hydrogen-bond donors (Lipinski definition) is 1. The van der Waals surface area contributed by atoms with E-state index in [2.05, 4.69) is 15.9 Å². The van der Waals surface area contributed by atoms with E-state index in [-0.39, 0.29) is 5.56 Å². The summed E-state index contributed by atoms with van der Waals surface area (Å²) < 4.78 is 19.8. The van der Waals surface area contributed by atoms with Crippen LogP contribution in [0.3, 0.4) is 0 Å². The lowest BCUT2D eigenvalue weighted by Crippen LogP contribution is -2.06. The minimum absolute atomic E-state index is 0.199. The van der Waals surface area contributed by atoms with Crippen LogP contribution in [-0.4, -0.2) is 12.2 Å². The van der Waals surface area contributed by atoms with Crippen molar-refractivity contribution in [3.63, 3.8) is 0 Å². The third-order valence-electron chi connectivity index (χ3n) is 2.88. The maximum Gasteiger partial charge on any atom is 0.132 e. The molecule has 0 saturated carbocycles. The topological polar surface area (TPSA) is 29.5 Å². The second kappa shape index (κ2) is 6.17. The minimum Gasteiger partial charge on any atom is -0.496 e. The number of hydrogen-bond acceptors (Lipinski definition) is 2. The maximum atomic E-state index is 13.8. The van der Waals surface area contributed by atoms with Crippen molar-refractivity contribution in [1.82, 2.24) is 0 Å². The average molecular weight is 325 g/mol. The molecular formula is C15H14BrFO2. The zero-order valence-electron chi connectivity index (χ0n) is 10.4. The summed E-state index contributed by atoms with van der Waals surface area (Å²) in [6.45, 7) is 0. The van der Waals surface area contributed by atoms with Crippen molar-refractivity contribution in [2.24, 2.45) is 0 Å². The molecule has 1 N–H and O–H groups in total. The number of aliphatic hydroxyl groups excluding tert-OH is 1. The molecule has 2 aromatic carbocycles. The molecular weight excluding hydrogens is 311 g/mol. The Bertz CT molecular complexity index is 572. The van der Waals surface area contributed by atoms with Crippen LogP contribution in [0, 0.1) is 5.82 Å². The predicted octanol–water partition coefficient (Wildman–Crippen LogP) is 3.87. The molecule has 0 heterocycles. The Labute approximate surface area is 120 Å². The van der Waals surface area contributed by atoms with Gasteiger partial charge in [0.15, 0.2) is 0 Å². The largest absolute Gasteiger partial charge is 0.496 e. The number of ether oxygens (including phenoxy) is 1. The quantitative estimate of drug-likeness (QED) is 0.925. The Morgan fingerprint density at radius 3 is 2.68 bits per heavy atom. The predicted molar refractivity (Wildman–Crippen MR) is 75.8 cm³/mol. The molecule has 0 fully saturated rings. The van der Waals surface area contributed by atoms with Crippen LogP contribution >= 0.6 is 15.9 Å². The summed E-state index contributed by atoms with van der Waals surface area (Å²) in [5.74, 6) is -0.0932. The molecule has 1 atom stereocenters. The van der Waals surface area contributed by atoms with Gasteiger partial charge in [0, 0.05) is 10.9 Å². The monoisotopic (exact) mass is 324 g/mol. The van der Waals surface area contributed by atoms with Gasteiger partial charge >= 0.3 is 0 Å². The number of methoxy groups -OCH3 is 1. The van der Waals surface area contributed by atoms with E-state index in [1.54, 1.807) is 12.1 Å². The lowest BCUT2D eigenvalue weighted by atomic mass is 10.00. The Hall–Kier alpha value is -1.39. The van der Waals surface area contributed by atoms with Gasteiger partial charge in [-0.3, -0.25) is 0 Å². The van der Waals surface area contributed by atoms with Gasteiger partial charge in [-0.2, -0.15) is 0 Å². The third kappa shape index (κ3) is 3.33. The molecule has 0 aliphatic carbocycles. The molecule has 2 rings (SSSR count). The summed E-state index contributed by atoms with van der Waals surface area (Å²) in [4.78, 5) is 0. The van der Waals surface area contributed by atoms with E-state index in [1.807, 2.05) is 24.3 Å². The highest BCUT2D eigenvalue weighted by atomic mass is 79.9. The van der Waals surface area contributed by atoms with Crippen LogP contribution in [0.1, 0.15) is 17.2 Å². The van der Waals surface area contributed by atoms with Crippen LogP contribution in [0.4, 0.5) is 4.39 Å². The fourth-order valence-corrected chi connectivity index (χ4v) is 2.45. The highest BCUT2D eigenvalue weighted by Gasteiger charge is 2.18. The molecule has 2 aromatic rings. The standard InChI is InChI=1S/C15H14BrFO2/c1-19-14-7-3-6-12(17)15(14)13(18)9-10-4-2-5-11(16)8-10/h2-8,13,18H,9H2,1H3. The molecule has 0 radical (unpaired) electrons. The Balaban J connectivity index is 2.27. The normalized spacial score (nSPS) is 12.2. The van der Waals surface area contributed by atoms with Crippen molar-refractivity contribution in [3.8, 4) is 5.75 Å². The van der Waals surface area contributed by atoms with Crippen LogP contribution in [0.25, 0.3) is 0 Å². The molecule has 0 amide bonds.